The third-order valence-electron chi connectivity index (χ3n) is 3.26. The number of nitrogens with one attached hydrogen (secondary N) is 1. The lowest BCUT2D eigenvalue weighted by Crippen LogP contribution is -2.16. The van der Waals surface area contributed by atoms with Crippen molar-refractivity contribution in [2.24, 2.45) is 0 Å². The smallest absolute Gasteiger partial charge is 0.140 e. The van der Waals surface area contributed by atoms with Crippen molar-refractivity contribution in [3.63, 3.8) is 0 Å². The Bertz CT molecular complexity index is 784. The van der Waals surface area contributed by atoms with Crippen LogP contribution < -0.4 is 5.49 Å². The summed E-state index contributed by atoms with van der Waals surface area (Å²) in [5.41, 5.74) is 4.55. The zero-order chi connectivity index (χ0) is 12.0. The standard InChI is InChI=1S/C14H13N3/c1-9-6-7-11-13(10(9)2)14(15)17-8-4-3-5-12(17)16-11/h3-8,15H,1-2H3. The van der Waals surface area contributed by atoms with Gasteiger partial charge in [0, 0.05) is 11.6 Å². The summed E-state index contributed by atoms with van der Waals surface area (Å²) in [6.07, 6.45) is 1.88. The quantitative estimate of drug-likeness (QED) is 0.585. The van der Waals surface area contributed by atoms with Gasteiger partial charge in [-0.3, -0.25) is 9.81 Å². The molecule has 0 fully saturated rings. The first-order valence-corrected chi connectivity index (χ1v) is 5.60. The molecule has 0 spiro atoms. The first-order chi connectivity index (χ1) is 8.18. The molecule has 3 nitrogen and oxygen atoms in total. The molecule has 1 N–H and O–H groups in total. The Hall–Kier alpha value is -2.16. The molecule has 2 heterocycles. The van der Waals surface area contributed by atoms with Gasteiger partial charge in [0.25, 0.3) is 0 Å². The van der Waals surface area contributed by atoms with Crippen LogP contribution in [0.15, 0.2) is 36.5 Å². The highest BCUT2D eigenvalue weighted by Crippen LogP contribution is 2.17. The van der Waals surface area contributed by atoms with E-state index in [1.807, 2.05) is 41.8 Å². The van der Waals surface area contributed by atoms with E-state index in [2.05, 4.69) is 18.0 Å². The van der Waals surface area contributed by atoms with Gasteiger partial charge in [0.1, 0.15) is 11.1 Å². The first-order valence-electron chi connectivity index (χ1n) is 5.60. The predicted octanol–water partition coefficient (Wildman–Crippen LogP) is 2.58. The summed E-state index contributed by atoms with van der Waals surface area (Å²) in [6.45, 7) is 4.11. The molecule has 17 heavy (non-hydrogen) atoms. The van der Waals surface area contributed by atoms with E-state index in [4.69, 9.17) is 5.41 Å². The molecular formula is C14H13N3. The summed E-state index contributed by atoms with van der Waals surface area (Å²) in [5, 5.41) is 9.23. The average Bonchev–Trinajstić information content (AvgIpc) is 2.34. The molecule has 0 saturated carbocycles. The van der Waals surface area contributed by atoms with Gasteiger partial charge in [0.2, 0.25) is 0 Å². The number of hydrogen-bond donors (Lipinski definition) is 1. The molecule has 84 valence electrons. The van der Waals surface area contributed by atoms with Crippen molar-refractivity contribution in [3.05, 3.63) is 53.1 Å². The highest BCUT2D eigenvalue weighted by atomic mass is 15.0. The Labute approximate surface area is 98.9 Å². The van der Waals surface area contributed by atoms with Crippen molar-refractivity contribution in [1.82, 2.24) is 9.38 Å². The maximum atomic E-state index is 8.29. The molecule has 3 aromatic rings. The van der Waals surface area contributed by atoms with Gasteiger partial charge in [-0.2, -0.15) is 0 Å². The second kappa shape index (κ2) is 3.42. The van der Waals surface area contributed by atoms with Gasteiger partial charge in [-0.25, -0.2) is 4.98 Å². The summed E-state index contributed by atoms with van der Waals surface area (Å²) in [6, 6.07) is 9.83. The Kier molecular flexibility index (Phi) is 2.01. The molecule has 2 aromatic heterocycles. The van der Waals surface area contributed by atoms with Crippen LogP contribution in [0.4, 0.5) is 0 Å². The van der Waals surface area contributed by atoms with Crippen molar-refractivity contribution in [3.8, 4) is 0 Å². The molecule has 0 aliphatic heterocycles. The second-order valence-corrected chi connectivity index (χ2v) is 4.29. The lowest BCUT2D eigenvalue weighted by molar-refractivity contribution is 0.998. The van der Waals surface area contributed by atoms with Crippen molar-refractivity contribution in [1.29, 1.82) is 5.41 Å². The normalized spacial score (nSPS) is 11.2. The van der Waals surface area contributed by atoms with Gasteiger partial charge in [-0.15, -0.1) is 0 Å². The first kappa shape index (κ1) is 10.0. The van der Waals surface area contributed by atoms with E-state index in [0.29, 0.717) is 5.49 Å². The minimum absolute atomic E-state index is 0.506. The monoisotopic (exact) mass is 223 g/mol. The molecule has 0 atom stereocenters. The van der Waals surface area contributed by atoms with Crippen molar-refractivity contribution < 1.29 is 0 Å². The summed E-state index contributed by atoms with van der Waals surface area (Å²) in [7, 11) is 0. The predicted molar refractivity (Wildman–Crippen MR) is 68.0 cm³/mol. The molecule has 0 saturated heterocycles. The fourth-order valence-electron chi connectivity index (χ4n) is 2.15. The third-order valence-corrected chi connectivity index (χ3v) is 3.26. The fourth-order valence-corrected chi connectivity index (χ4v) is 2.15. The Balaban J connectivity index is 2.66. The minimum atomic E-state index is 0.506. The minimum Gasteiger partial charge on any atom is -0.286 e. The molecule has 3 heteroatoms. The highest BCUT2D eigenvalue weighted by molar-refractivity contribution is 5.83. The lowest BCUT2D eigenvalue weighted by atomic mass is 10.1. The van der Waals surface area contributed by atoms with Gasteiger partial charge in [0.15, 0.2) is 0 Å². The zero-order valence-electron chi connectivity index (χ0n) is 9.86. The molecular weight excluding hydrogens is 210 g/mol. The van der Waals surface area contributed by atoms with E-state index < -0.39 is 0 Å². The Morgan fingerprint density at radius 3 is 2.76 bits per heavy atom. The number of aromatic nitrogens is 2. The average molecular weight is 223 g/mol. The van der Waals surface area contributed by atoms with Crippen molar-refractivity contribution in [2.45, 2.75) is 13.8 Å². The molecule has 0 amide bonds. The summed E-state index contributed by atoms with van der Waals surface area (Å²) in [4.78, 5) is 4.58. The van der Waals surface area contributed by atoms with E-state index in [1.165, 1.54) is 5.56 Å². The van der Waals surface area contributed by atoms with Gasteiger partial charge < -0.3 is 0 Å². The molecule has 0 aliphatic carbocycles. The van der Waals surface area contributed by atoms with Crippen LogP contribution >= 0.6 is 0 Å². The van der Waals surface area contributed by atoms with Crippen LogP contribution in [0.3, 0.4) is 0 Å². The summed E-state index contributed by atoms with van der Waals surface area (Å²) < 4.78 is 1.81. The number of rotatable bonds is 0. The molecule has 3 rings (SSSR count). The molecule has 0 radical (unpaired) electrons. The van der Waals surface area contributed by atoms with Crippen LogP contribution in [-0.2, 0) is 0 Å². The Morgan fingerprint density at radius 1 is 1.12 bits per heavy atom. The van der Waals surface area contributed by atoms with Crippen LogP contribution in [0.2, 0.25) is 0 Å². The number of pyridine rings is 1. The molecule has 1 aromatic carbocycles. The third kappa shape index (κ3) is 1.35. The van der Waals surface area contributed by atoms with Crippen LogP contribution in [0.25, 0.3) is 16.6 Å². The maximum Gasteiger partial charge on any atom is 0.140 e. The van der Waals surface area contributed by atoms with E-state index in [1.54, 1.807) is 0 Å². The number of hydrogen-bond acceptors (Lipinski definition) is 2. The molecule has 0 bridgehead atoms. The van der Waals surface area contributed by atoms with E-state index >= 15 is 0 Å². The van der Waals surface area contributed by atoms with Gasteiger partial charge in [-0.1, -0.05) is 12.1 Å². The topological polar surface area (TPSA) is 41.2 Å². The van der Waals surface area contributed by atoms with E-state index in [9.17, 15) is 0 Å². The van der Waals surface area contributed by atoms with Crippen molar-refractivity contribution >= 4 is 16.6 Å². The molecule has 0 aliphatic rings. The van der Waals surface area contributed by atoms with Gasteiger partial charge in [-0.05, 0) is 43.2 Å². The maximum absolute atomic E-state index is 8.29. The lowest BCUT2D eigenvalue weighted by Gasteiger charge is -2.08. The highest BCUT2D eigenvalue weighted by Gasteiger charge is 2.06. The Morgan fingerprint density at radius 2 is 1.94 bits per heavy atom. The van der Waals surface area contributed by atoms with Gasteiger partial charge in [0.05, 0.1) is 5.52 Å². The van der Waals surface area contributed by atoms with Crippen LogP contribution in [0.1, 0.15) is 11.1 Å². The van der Waals surface area contributed by atoms with Crippen LogP contribution in [0, 0.1) is 19.3 Å². The second-order valence-electron chi connectivity index (χ2n) is 4.29. The van der Waals surface area contributed by atoms with Crippen molar-refractivity contribution in [2.75, 3.05) is 0 Å². The number of nitrogens with zero attached hydrogens (tertiary/aromatic N) is 2. The van der Waals surface area contributed by atoms with Gasteiger partial charge >= 0.3 is 0 Å². The van der Waals surface area contributed by atoms with E-state index in [0.717, 1.165) is 22.1 Å². The summed E-state index contributed by atoms with van der Waals surface area (Å²) >= 11 is 0. The zero-order valence-corrected chi connectivity index (χ0v) is 9.86. The largest absolute Gasteiger partial charge is 0.286 e. The number of benzene rings is 1. The van der Waals surface area contributed by atoms with Crippen LogP contribution in [0.5, 0.6) is 0 Å². The molecule has 0 unspecified atom stereocenters. The van der Waals surface area contributed by atoms with E-state index in [-0.39, 0.29) is 0 Å². The SMILES string of the molecule is Cc1ccc2nc3ccccn3c(=N)c2c1C. The van der Waals surface area contributed by atoms with Crippen LogP contribution in [-0.4, -0.2) is 9.38 Å². The summed E-state index contributed by atoms with van der Waals surface area (Å²) in [5.74, 6) is 0. The number of fused-ring (bicyclic) bond motifs is 2. The fraction of sp³-hybridized carbons (Fsp3) is 0.143. The number of aryl methyl sites for hydroxylation is 2.